The van der Waals surface area contributed by atoms with E-state index in [4.69, 9.17) is 16.7 Å². The summed E-state index contributed by atoms with van der Waals surface area (Å²) in [4.78, 5) is 38.7. The van der Waals surface area contributed by atoms with E-state index in [9.17, 15) is 14.4 Å². The van der Waals surface area contributed by atoms with E-state index in [-0.39, 0.29) is 29.8 Å². The minimum atomic E-state index is -1.01. The van der Waals surface area contributed by atoms with Gasteiger partial charge < -0.3 is 15.3 Å². The lowest BCUT2D eigenvalue weighted by molar-refractivity contribution is -0.121. The first-order valence-electron chi connectivity index (χ1n) is 9.00. The van der Waals surface area contributed by atoms with Crippen LogP contribution < -0.4 is 5.32 Å². The van der Waals surface area contributed by atoms with Crippen LogP contribution in [0.3, 0.4) is 0 Å². The maximum Gasteiger partial charge on any atom is 0.335 e. The molecule has 7 heteroatoms. The van der Waals surface area contributed by atoms with Gasteiger partial charge in [0, 0.05) is 11.6 Å². The number of carboxylic acids is 1. The standard InChI is InChI=1S/C21H21ClN2O4/c1-12(2)9-18-19(25)23-17-10-15(22)7-8-16(17)20(26)24(18)11-13-3-5-14(6-4-13)21(27)28/h3-8,10,12,18H,9,11H2,1-2H3,(H,23,25)(H,27,28)/t18-/m1/s1. The fraction of sp³-hybridized carbons (Fsp3) is 0.286. The highest BCUT2D eigenvalue weighted by Crippen LogP contribution is 2.29. The second-order valence-electron chi connectivity index (χ2n) is 7.26. The number of hydrogen-bond donors (Lipinski definition) is 2. The summed E-state index contributed by atoms with van der Waals surface area (Å²) in [7, 11) is 0. The Morgan fingerprint density at radius 1 is 1.18 bits per heavy atom. The minimum Gasteiger partial charge on any atom is -0.478 e. The Balaban J connectivity index is 1.99. The molecular weight excluding hydrogens is 380 g/mol. The Bertz CT molecular complexity index is 925. The molecule has 28 heavy (non-hydrogen) atoms. The average Bonchev–Trinajstić information content (AvgIpc) is 2.72. The zero-order valence-electron chi connectivity index (χ0n) is 15.6. The predicted octanol–water partition coefficient (Wildman–Crippen LogP) is 4.05. The fourth-order valence-electron chi connectivity index (χ4n) is 3.27. The third kappa shape index (κ3) is 4.17. The van der Waals surface area contributed by atoms with Crippen molar-refractivity contribution in [2.75, 3.05) is 5.32 Å². The second kappa shape index (κ2) is 8.02. The minimum absolute atomic E-state index is 0.169. The van der Waals surface area contributed by atoms with Gasteiger partial charge in [0.15, 0.2) is 0 Å². The van der Waals surface area contributed by atoms with Crippen molar-refractivity contribution in [3.63, 3.8) is 0 Å². The number of fused-ring (bicyclic) bond motifs is 1. The summed E-state index contributed by atoms with van der Waals surface area (Å²) in [5.41, 5.74) is 1.70. The normalized spacial score (nSPS) is 16.6. The largest absolute Gasteiger partial charge is 0.478 e. The molecule has 0 fully saturated rings. The van der Waals surface area contributed by atoms with Crippen molar-refractivity contribution in [1.29, 1.82) is 0 Å². The van der Waals surface area contributed by atoms with Crippen molar-refractivity contribution in [2.45, 2.75) is 32.9 Å². The van der Waals surface area contributed by atoms with Crippen LogP contribution in [0.1, 0.15) is 46.5 Å². The molecule has 2 N–H and O–H groups in total. The molecule has 0 saturated heterocycles. The summed E-state index contributed by atoms with van der Waals surface area (Å²) in [5.74, 6) is -1.34. The number of hydrogen-bond acceptors (Lipinski definition) is 3. The molecule has 2 aromatic carbocycles. The van der Waals surface area contributed by atoms with Crippen molar-refractivity contribution in [1.82, 2.24) is 4.90 Å². The molecule has 6 nitrogen and oxygen atoms in total. The highest BCUT2D eigenvalue weighted by molar-refractivity contribution is 6.31. The van der Waals surface area contributed by atoms with Crippen LogP contribution >= 0.6 is 11.6 Å². The van der Waals surface area contributed by atoms with Gasteiger partial charge in [-0.05, 0) is 48.2 Å². The van der Waals surface area contributed by atoms with E-state index < -0.39 is 12.0 Å². The number of amides is 2. The lowest BCUT2D eigenvalue weighted by atomic mass is 10.0. The van der Waals surface area contributed by atoms with Crippen LogP contribution in [0.2, 0.25) is 5.02 Å². The molecule has 1 aliphatic rings. The van der Waals surface area contributed by atoms with Crippen molar-refractivity contribution >= 4 is 35.1 Å². The van der Waals surface area contributed by atoms with Gasteiger partial charge in [-0.25, -0.2) is 4.79 Å². The van der Waals surface area contributed by atoms with E-state index in [0.29, 0.717) is 22.7 Å². The zero-order valence-corrected chi connectivity index (χ0v) is 16.4. The molecule has 1 aliphatic heterocycles. The van der Waals surface area contributed by atoms with E-state index in [1.807, 2.05) is 13.8 Å². The highest BCUT2D eigenvalue weighted by atomic mass is 35.5. The van der Waals surface area contributed by atoms with E-state index in [0.717, 1.165) is 5.56 Å². The quantitative estimate of drug-likeness (QED) is 0.792. The van der Waals surface area contributed by atoms with Gasteiger partial charge in [0.25, 0.3) is 5.91 Å². The Morgan fingerprint density at radius 3 is 2.46 bits per heavy atom. The molecule has 0 aliphatic carbocycles. The average molecular weight is 401 g/mol. The Morgan fingerprint density at radius 2 is 1.86 bits per heavy atom. The number of anilines is 1. The Kier molecular flexibility index (Phi) is 5.70. The molecule has 0 radical (unpaired) electrons. The van der Waals surface area contributed by atoms with Crippen LogP contribution in [0.5, 0.6) is 0 Å². The number of carbonyl (C=O) groups excluding carboxylic acids is 2. The van der Waals surface area contributed by atoms with Crippen molar-refractivity contribution in [2.24, 2.45) is 5.92 Å². The molecule has 3 rings (SSSR count). The van der Waals surface area contributed by atoms with Crippen LogP contribution in [-0.4, -0.2) is 33.8 Å². The Labute approximate surface area is 168 Å². The van der Waals surface area contributed by atoms with Crippen LogP contribution in [0.4, 0.5) is 5.69 Å². The molecule has 0 spiro atoms. The van der Waals surface area contributed by atoms with E-state index in [1.165, 1.54) is 12.1 Å². The van der Waals surface area contributed by atoms with Gasteiger partial charge >= 0.3 is 5.97 Å². The number of halogens is 1. The number of carboxylic acid groups (broad SMARTS) is 1. The van der Waals surface area contributed by atoms with Crippen molar-refractivity contribution in [3.8, 4) is 0 Å². The molecule has 0 saturated carbocycles. The number of nitrogens with zero attached hydrogens (tertiary/aromatic N) is 1. The monoisotopic (exact) mass is 400 g/mol. The van der Waals surface area contributed by atoms with Gasteiger partial charge in [0.2, 0.25) is 5.91 Å². The van der Waals surface area contributed by atoms with E-state index in [2.05, 4.69) is 5.32 Å². The lowest BCUT2D eigenvalue weighted by Crippen LogP contribution is -2.45. The zero-order chi connectivity index (χ0) is 20.4. The van der Waals surface area contributed by atoms with Gasteiger partial charge in [-0.15, -0.1) is 0 Å². The fourth-order valence-corrected chi connectivity index (χ4v) is 3.44. The molecule has 0 unspecified atom stereocenters. The molecule has 2 aromatic rings. The SMILES string of the molecule is CC(C)C[C@@H]1C(=O)Nc2cc(Cl)ccc2C(=O)N1Cc1ccc(C(=O)O)cc1. The maximum atomic E-state index is 13.3. The van der Waals surface area contributed by atoms with E-state index >= 15 is 0 Å². The lowest BCUT2D eigenvalue weighted by Gasteiger charge is -2.30. The first kappa shape index (κ1) is 19.9. The van der Waals surface area contributed by atoms with Crippen LogP contribution in [0.15, 0.2) is 42.5 Å². The summed E-state index contributed by atoms with van der Waals surface area (Å²) in [6, 6.07) is 10.5. The van der Waals surface area contributed by atoms with Crippen LogP contribution in [0, 0.1) is 5.92 Å². The third-order valence-corrected chi connectivity index (χ3v) is 4.89. The number of rotatable bonds is 5. The number of nitrogens with one attached hydrogen (secondary N) is 1. The summed E-state index contributed by atoms with van der Waals surface area (Å²) in [6.45, 7) is 4.19. The molecule has 1 atom stereocenters. The Hall–Kier alpha value is -2.86. The number of carbonyl (C=O) groups is 3. The van der Waals surface area contributed by atoms with Gasteiger partial charge in [0.05, 0.1) is 16.8 Å². The van der Waals surface area contributed by atoms with Crippen molar-refractivity contribution in [3.05, 3.63) is 64.2 Å². The smallest absolute Gasteiger partial charge is 0.335 e. The summed E-state index contributed by atoms with van der Waals surface area (Å²) < 4.78 is 0. The highest BCUT2D eigenvalue weighted by Gasteiger charge is 2.35. The number of aromatic carboxylic acids is 1. The molecule has 1 heterocycles. The molecule has 146 valence electrons. The second-order valence-corrected chi connectivity index (χ2v) is 7.70. The topological polar surface area (TPSA) is 86.7 Å². The molecular formula is C21H21ClN2O4. The van der Waals surface area contributed by atoms with E-state index in [1.54, 1.807) is 35.2 Å². The number of benzene rings is 2. The van der Waals surface area contributed by atoms with Crippen molar-refractivity contribution < 1.29 is 19.5 Å². The van der Waals surface area contributed by atoms with Gasteiger partial charge in [0.1, 0.15) is 6.04 Å². The summed E-state index contributed by atoms with van der Waals surface area (Å²) >= 11 is 6.03. The first-order valence-corrected chi connectivity index (χ1v) is 9.37. The maximum absolute atomic E-state index is 13.3. The first-order chi connectivity index (χ1) is 13.3. The third-order valence-electron chi connectivity index (χ3n) is 4.66. The molecule has 2 amide bonds. The summed E-state index contributed by atoms with van der Waals surface area (Å²) in [6.07, 6.45) is 0.506. The van der Waals surface area contributed by atoms with Crippen LogP contribution in [-0.2, 0) is 11.3 Å². The van der Waals surface area contributed by atoms with Gasteiger partial charge in [-0.3, -0.25) is 9.59 Å². The van der Waals surface area contributed by atoms with Gasteiger partial charge in [-0.2, -0.15) is 0 Å². The van der Waals surface area contributed by atoms with Gasteiger partial charge in [-0.1, -0.05) is 37.6 Å². The van der Waals surface area contributed by atoms with Crippen LogP contribution in [0.25, 0.3) is 0 Å². The predicted molar refractivity (Wildman–Crippen MR) is 107 cm³/mol. The molecule has 0 aromatic heterocycles. The molecule has 0 bridgehead atoms. The summed E-state index contributed by atoms with van der Waals surface area (Å²) in [5, 5.41) is 12.3.